The van der Waals surface area contributed by atoms with Crippen LogP contribution in [0.25, 0.3) is 0 Å². The van der Waals surface area contributed by atoms with E-state index in [1.54, 1.807) is 12.1 Å². The Morgan fingerprint density at radius 3 is 2.38 bits per heavy atom. The van der Waals surface area contributed by atoms with Gasteiger partial charge in [0.1, 0.15) is 0 Å². The maximum atomic E-state index is 12.4. The molecule has 6 heteroatoms. The summed E-state index contributed by atoms with van der Waals surface area (Å²) in [6.45, 7) is 1.82. The molecule has 2 N–H and O–H groups in total. The number of hydrogen-bond acceptors (Lipinski definition) is 2. The van der Waals surface area contributed by atoms with E-state index in [4.69, 9.17) is 23.2 Å². The van der Waals surface area contributed by atoms with E-state index in [0.29, 0.717) is 28.6 Å². The molecule has 1 aromatic carbocycles. The molecule has 0 aromatic heterocycles. The molecule has 0 radical (unpaired) electrons. The number of carbonyl (C=O) groups is 2. The molecule has 1 aliphatic carbocycles. The number of benzene rings is 1. The van der Waals surface area contributed by atoms with Crippen LogP contribution in [0, 0.1) is 18.8 Å². The predicted octanol–water partition coefficient (Wildman–Crippen LogP) is 4.13. The van der Waals surface area contributed by atoms with E-state index in [1.807, 2.05) is 6.92 Å². The lowest BCUT2D eigenvalue weighted by molar-refractivity contribution is -0.147. The van der Waals surface area contributed by atoms with Crippen molar-refractivity contribution in [3.63, 3.8) is 0 Å². The van der Waals surface area contributed by atoms with Crippen molar-refractivity contribution in [1.82, 2.24) is 0 Å². The maximum Gasteiger partial charge on any atom is 0.307 e. The third-order valence-corrected chi connectivity index (χ3v) is 4.65. The van der Waals surface area contributed by atoms with Gasteiger partial charge in [-0.1, -0.05) is 36.0 Å². The van der Waals surface area contributed by atoms with Crippen LogP contribution < -0.4 is 5.32 Å². The van der Waals surface area contributed by atoms with Gasteiger partial charge in [0.25, 0.3) is 0 Å². The van der Waals surface area contributed by atoms with Gasteiger partial charge in [0.15, 0.2) is 0 Å². The lowest BCUT2D eigenvalue weighted by Crippen LogP contribution is -2.36. The van der Waals surface area contributed by atoms with E-state index in [9.17, 15) is 14.7 Å². The molecule has 1 fully saturated rings. The van der Waals surface area contributed by atoms with Crippen molar-refractivity contribution >= 4 is 40.8 Å². The zero-order valence-corrected chi connectivity index (χ0v) is 13.2. The summed E-state index contributed by atoms with van der Waals surface area (Å²) in [4.78, 5) is 23.6. The Morgan fingerprint density at radius 2 is 1.76 bits per heavy atom. The molecule has 1 saturated carbocycles. The van der Waals surface area contributed by atoms with Gasteiger partial charge in [0.2, 0.25) is 5.91 Å². The minimum Gasteiger partial charge on any atom is -0.481 e. The van der Waals surface area contributed by atoms with Crippen molar-refractivity contribution in [3.8, 4) is 0 Å². The van der Waals surface area contributed by atoms with Crippen LogP contribution in [0.3, 0.4) is 0 Å². The van der Waals surface area contributed by atoms with Crippen LogP contribution in [0.5, 0.6) is 0 Å². The van der Waals surface area contributed by atoms with Crippen molar-refractivity contribution in [1.29, 1.82) is 0 Å². The SMILES string of the molecule is Cc1cc(Cl)c(NC(=O)[C@@H]2CCCC[C@@H]2C(=O)O)cc1Cl. The highest BCUT2D eigenvalue weighted by atomic mass is 35.5. The van der Waals surface area contributed by atoms with Gasteiger partial charge in [-0.05, 0) is 37.5 Å². The van der Waals surface area contributed by atoms with Gasteiger partial charge in [0, 0.05) is 5.02 Å². The third-order valence-electron chi connectivity index (χ3n) is 3.93. The Kier molecular flexibility index (Phi) is 5.12. The molecule has 0 spiro atoms. The second-order valence-corrected chi connectivity index (χ2v) is 6.22. The Morgan fingerprint density at radius 1 is 1.14 bits per heavy atom. The molecule has 114 valence electrons. The summed E-state index contributed by atoms with van der Waals surface area (Å²) in [5, 5.41) is 12.8. The average Bonchev–Trinajstić information content (AvgIpc) is 2.44. The number of carbonyl (C=O) groups excluding carboxylic acids is 1. The lowest BCUT2D eigenvalue weighted by Gasteiger charge is -2.27. The monoisotopic (exact) mass is 329 g/mol. The fraction of sp³-hybridized carbons (Fsp3) is 0.467. The molecule has 0 heterocycles. The van der Waals surface area contributed by atoms with Crippen molar-refractivity contribution < 1.29 is 14.7 Å². The highest BCUT2D eigenvalue weighted by Gasteiger charge is 2.35. The van der Waals surface area contributed by atoms with E-state index in [1.165, 1.54) is 0 Å². The Bertz CT molecular complexity index is 574. The standard InChI is InChI=1S/C15H17Cl2NO3/c1-8-6-12(17)13(7-11(8)16)18-14(19)9-4-2-3-5-10(9)15(20)21/h6-7,9-10H,2-5H2,1H3,(H,18,19)(H,20,21)/t9-,10+/m1/s1. The number of hydrogen-bond donors (Lipinski definition) is 2. The number of halogens is 2. The third kappa shape index (κ3) is 3.69. The van der Waals surface area contributed by atoms with Crippen LogP contribution >= 0.6 is 23.2 Å². The van der Waals surface area contributed by atoms with Gasteiger partial charge in [-0.25, -0.2) is 0 Å². The number of anilines is 1. The smallest absolute Gasteiger partial charge is 0.307 e. The first kappa shape index (κ1) is 16.1. The Balaban J connectivity index is 2.17. The molecule has 1 amide bonds. The van der Waals surface area contributed by atoms with E-state index >= 15 is 0 Å². The van der Waals surface area contributed by atoms with Crippen molar-refractivity contribution in [3.05, 3.63) is 27.7 Å². The summed E-state index contributed by atoms with van der Waals surface area (Å²) < 4.78 is 0. The summed E-state index contributed by atoms with van der Waals surface area (Å²) in [5.74, 6) is -2.36. The van der Waals surface area contributed by atoms with Gasteiger partial charge in [-0.2, -0.15) is 0 Å². The fourth-order valence-electron chi connectivity index (χ4n) is 2.71. The molecule has 0 saturated heterocycles. The minimum absolute atomic E-state index is 0.302. The number of rotatable bonds is 3. The number of nitrogens with one attached hydrogen (secondary N) is 1. The number of aryl methyl sites for hydroxylation is 1. The zero-order chi connectivity index (χ0) is 15.6. The Labute approximate surface area is 133 Å². The lowest BCUT2D eigenvalue weighted by atomic mass is 9.78. The van der Waals surface area contributed by atoms with Gasteiger partial charge < -0.3 is 10.4 Å². The summed E-state index contributed by atoms with van der Waals surface area (Å²) in [6.07, 6.45) is 2.83. The first-order valence-corrected chi connectivity index (χ1v) is 7.65. The molecular formula is C15H17Cl2NO3. The number of aliphatic carboxylic acids is 1. The van der Waals surface area contributed by atoms with E-state index < -0.39 is 17.8 Å². The number of amides is 1. The van der Waals surface area contributed by atoms with Crippen LogP contribution in [0.2, 0.25) is 10.0 Å². The molecule has 0 aliphatic heterocycles. The molecule has 2 atom stereocenters. The summed E-state index contributed by atoms with van der Waals surface area (Å²) >= 11 is 12.1. The Hall–Kier alpha value is -1.26. The van der Waals surface area contributed by atoms with Crippen LogP contribution in [-0.4, -0.2) is 17.0 Å². The number of carboxylic acid groups (broad SMARTS) is 1. The van der Waals surface area contributed by atoms with Gasteiger partial charge >= 0.3 is 5.97 Å². The van der Waals surface area contributed by atoms with Crippen molar-refractivity contribution in [2.45, 2.75) is 32.6 Å². The van der Waals surface area contributed by atoms with E-state index in [0.717, 1.165) is 18.4 Å². The molecule has 0 bridgehead atoms. The predicted molar refractivity (Wildman–Crippen MR) is 82.9 cm³/mol. The summed E-state index contributed by atoms with van der Waals surface area (Å²) in [6, 6.07) is 3.27. The molecule has 0 unspecified atom stereocenters. The first-order valence-electron chi connectivity index (χ1n) is 6.89. The van der Waals surface area contributed by atoms with Crippen molar-refractivity contribution in [2.24, 2.45) is 11.8 Å². The number of carboxylic acids is 1. The quantitative estimate of drug-likeness (QED) is 0.876. The molecule has 1 aliphatic rings. The van der Waals surface area contributed by atoms with Crippen LogP contribution in [-0.2, 0) is 9.59 Å². The second kappa shape index (κ2) is 6.67. The molecule has 21 heavy (non-hydrogen) atoms. The topological polar surface area (TPSA) is 66.4 Å². The highest BCUT2D eigenvalue weighted by Crippen LogP contribution is 2.33. The normalized spacial score (nSPS) is 21.9. The van der Waals surface area contributed by atoms with E-state index in [-0.39, 0.29) is 5.91 Å². The maximum absolute atomic E-state index is 12.4. The van der Waals surface area contributed by atoms with E-state index in [2.05, 4.69) is 5.32 Å². The molecule has 2 rings (SSSR count). The average molecular weight is 330 g/mol. The fourth-order valence-corrected chi connectivity index (χ4v) is 3.14. The second-order valence-electron chi connectivity index (χ2n) is 5.41. The van der Waals surface area contributed by atoms with Crippen LogP contribution in [0.15, 0.2) is 12.1 Å². The van der Waals surface area contributed by atoms with Crippen molar-refractivity contribution in [2.75, 3.05) is 5.32 Å². The minimum atomic E-state index is -0.914. The van der Waals surface area contributed by atoms with Gasteiger partial charge in [0.05, 0.1) is 22.5 Å². The van der Waals surface area contributed by atoms with Gasteiger partial charge in [-0.3, -0.25) is 9.59 Å². The largest absolute Gasteiger partial charge is 0.481 e. The highest BCUT2D eigenvalue weighted by molar-refractivity contribution is 6.36. The molecule has 4 nitrogen and oxygen atoms in total. The zero-order valence-electron chi connectivity index (χ0n) is 11.7. The van der Waals surface area contributed by atoms with Crippen LogP contribution in [0.1, 0.15) is 31.2 Å². The summed E-state index contributed by atoms with van der Waals surface area (Å²) in [7, 11) is 0. The molecule has 1 aromatic rings. The molecular weight excluding hydrogens is 313 g/mol. The van der Waals surface area contributed by atoms with Crippen LogP contribution in [0.4, 0.5) is 5.69 Å². The first-order chi connectivity index (χ1) is 9.90. The van der Waals surface area contributed by atoms with Gasteiger partial charge in [-0.15, -0.1) is 0 Å². The summed E-state index contributed by atoms with van der Waals surface area (Å²) in [5.41, 5.74) is 1.24.